The summed E-state index contributed by atoms with van der Waals surface area (Å²) in [5, 5.41) is 0. The number of ether oxygens (including phenoxy) is 1. The molecule has 0 N–H and O–H groups in total. The van der Waals surface area contributed by atoms with Crippen LogP contribution in [0.1, 0.15) is 31.4 Å². The van der Waals surface area contributed by atoms with Crippen LogP contribution in [0.4, 0.5) is 0 Å². The first-order chi connectivity index (χ1) is 6.50. The summed E-state index contributed by atoms with van der Waals surface area (Å²) >= 11 is 3.56. The van der Waals surface area contributed by atoms with Gasteiger partial charge in [-0.3, -0.25) is 0 Å². The standard InChI is InChI=1S/C12H15BrO/c1-8-6-9-11(10(13)7-8)14-5-4-12(9,2)3/h6-7H,4-5H2,1-3H3. The van der Waals surface area contributed by atoms with E-state index in [2.05, 4.69) is 48.8 Å². The first kappa shape index (κ1) is 10.0. The van der Waals surface area contributed by atoms with Crippen molar-refractivity contribution in [3.05, 3.63) is 27.7 Å². The molecule has 1 heterocycles. The van der Waals surface area contributed by atoms with Crippen molar-refractivity contribution in [3.63, 3.8) is 0 Å². The van der Waals surface area contributed by atoms with Crippen molar-refractivity contribution >= 4 is 15.9 Å². The SMILES string of the molecule is Cc1cc(Br)c2c(c1)C(C)(C)CCO2. The van der Waals surface area contributed by atoms with Crippen LogP contribution in [-0.4, -0.2) is 6.61 Å². The second-order valence-corrected chi connectivity index (χ2v) is 5.46. The predicted octanol–water partition coefficient (Wildman–Crippen LogP) is 3.82. The Kier molecular flexibility index (Phi) is 2.34. The predicted molar refractivity (Wildman–Crippen MR) is 62.0 cm³/mol. The van der Waals surface area contributed by atoms with E-state index in [4.69, 9.17) is 4.74 Å². The van der Waals surface area contributed by atoms with Gasteiger partial charge in [-0.25, -0.2) is 0 Å². The third kappa shape index (κ3) is 1.56. The fourth-order valence-corrected chi connectivity index (χ4v) is 2.61. The maximum atomic E-state index is 5.70. The quantitative estimate of drug-likeness (QED) is 0.684. The average molecular weight is 255 g/mol. The monoisotopic (exact) mass is 254 g/mol. The summed E-state index contributed by atoms with van der Waals surface area (Å²) in [6, 6.07) is 4.35. The van der Waals surface area contributed by atoms with Crippen LogP contribution >= 0.6 is 15.9 Å². The summed E-state index contributed by atoms with van der Waals surface area (Å²) in [6.07, 6.45) is 1.09. The number of halogens is 1. The molecule has 2 heteroatoms. The van der Waals surface area contributed by atoms with E-state index in [-0.39, 0.29) is 5.41 Å². The van der Waals surface area contributed by atoms with E-state index >= 15 is 0 Å². The van der Waals surface area contributed by atoms with Gasteiger partial charge in [0.05, 0.1) is 11.1 Å². The Balaban J connectivity index is 2.63. The Labute approximate surface area is 93.6 Å². The summed E-state index contributed by atoms with van der Waals surface area (Å²) in [6.45, 7) is 7.50. The van der Waals surface area contributed by atoms with Crippen molar-refractivity contribution in [3.8, 4) is 5.75 Å². The van der Waals surface area contributed by atoms with E-state index in [1.165, 1.54) is 11.1 Å². The van der Waals surface area contributed by atoms with Crippen LogP contribution in [0.25, 0.3) is 0 Å². The maximum absolute atomic E-state index is 5.70. The molecule has 1 nitrogen and oxygen atoms in total. The van der Waals surface area contributed by atoms with Gasteiger partial charge in [-0.05, 0) is 46.3 Å². The lowest BCUT2D eigenvalue weighted by atomic mass is 9.79. The Bertz CT molecular complexity index is 369. The molecule has 1 aromatic carbocycles. The lowest BCUT2D eigenvalue weighted by Crippen LogP contribution is -2.26. The van der Waals surface area contributed by atoms with Gasteiger partial charge in [-0.1, -0.05) is 19.9 Å². The zero-order valence-electron chi connectivity index (χ0n) is 8.86. The highest BCUT2D eigenvalue weighted by Gasteiger charge is 2.29. The van der Waals surface area contributed by atoms with Crippen LogP contribution in [-0.2, 0) is 5.41 Å². The maximum Gasteiger partial charge on any atom is 0.137 e. The number of fused-ring (bicyclic) bond motifs is 1. The summed E-state index contributed by atoms with van der Waals surface area (Å²) in [5.41, 5.74) is 2.85. The minimum absolute atomic E-state index is 0.238. The van der Waals surface area contributed by atoms with Crippen LogP contribution in [0.5, 0.6) is 5.75 Å². The van der Waals surface area contributed by atoms with Crippen LogP contribution in [0.15, 0.2) is 16.6 Å². The molecule has 0 fully saturated rings. The fourth-order valence-electron chi connectivity index (χ4n) is 1.92. The first-order valence-corrected chi connectivity index (χ1v) is 5.73. The van der Waals surface area contributed by atoms with Crippen molar-refractivity contribution in [1.82, 2.24) is 0 Å². The molecule has 0 saturated carbocycles. The molecule has 0 aliphatic carbocycles. The number of hydrogen-bond donors (Lipinski definition) is 0. The molecule has 1 aliphatic rings. The van der Waals surface area contributed by atoms with Crippen LogP contribution in [0, 0.1) is 6.92 Å². The average Bonchev–Trinajstić information content (AvgIpc) is 2.06. The Morgan fingerprint density at radius 1 is 1.36 bits per heavy atom. The van der Waals surface area contributed by atoms with E-state index in [0.29, 0.717) is 0 Å². The molecule has 0 radical (unpaired) electrons. The highest BCUT2D eigenvalue weighted by atomic mass is 79.9. The fraction of sp³-hybridized carbons (Fsp3) is 0.500. The molecule has 0 unspecified atom stereocenters. The minimum atomic E-state index is 0.238. The third-order valence-electron chi connectivity index (χ3n) is 2.89. The van der Waals surface area contributed by atoms with Crippen molar-refractivity contribution in [1.29, 1.82) is 0 Å². The number of aryl methyl sites for hydroxylation is 1. The summed E-state index contributed by atoms with van der Waals surface area (Å²) in [7, 11) is 0. The van der Waals surface area contributed by atoms with Crippen LogP contribution in [0.3, 0.4) is 0 Å². The van der Waals surface area contributed by atoms with Gasteiger partial charge in [0.1, 0.15) is 5.75 Å². The molecule has 0 saturated heterocycles. The van der Waals surface area contributed by atoms with Gasteiger partial charge >= 0.3 is 0 Å². The molecule has 14 heavy (non-hydrogen) atoms. The van der Waals surface area contributed by atoms with E-state index in [9.17, 15) is 0 Å². The molecule has 2 rings (SSSR count). The van der Waals surface area contributed by atoms with E-state index < -0.39 is 0 Å². The van der Waals surface area contributed by atoms with Crippen LogP contribution in [0.2, 0.25) is 0 Å². The summed E-state index contributed by atoms with van der Waals surface area (Å²) in [4.78, 5) is 0. The van der Waals surface area contributed by atoms with Gasteiger partial charge in [0.15, 0.2) is 0 Å². The molecule has 0 aromatic heterocycles. The third-order valence-corrected chi connectivity index (χ3v) is 3.48. The van der Waals surface area contributed by atoms with Crippen molar-refractivity contribution < 1.29 is 4.74 Å². The van der Waals surface area contributed by atoms with Gasteiger partial charge < -0.3 is 4.74 Å². The number of benzene rings is 1. The van der Waals surface area contributed by atoms with E-state index in [1.807, 2.05) is 0 Å². The Morgan fingerprint density at radius 3 is 2.79 bits per heavy atom. The van der Waals surface area contributed by atoms with E-state index in [1.54, 1.807) is 0 Å². The highest BCUT2D eigenvalue weighted by Crippen LogP contribution is 2.42. The van der Waals surface area contributed by atoms with Crippen molar-refractivity contribution in [2.45, 2.75) is 32.6 Å². The molecular weight excluding hydrogens is 240 g/mol. The minimum Gasteiger partial charge on any atom is -0.492 e. The lowest BCUT2D eigenvalue weighted by molar-refractivity contribution is 0.232. The second kappa shape index (κ2) is 3.27. The Morgan fingerprint density at radius 2 is 2.07 bits per heavy atom. The summed E-state index contributed by atoms with van der Waals surface area (Å²) < 4.78 is 6.78. The molecule has 1 aromatic rings. The second-order valence-electron chi connectivity index (χ2n) is 4.61. The van der Waals surface area contributed by atoms with Gasteiger partial charge in [0.2, 0.25) is 0 Å². The smallest absolute Gasteiger partial charge is 0.137 e. The zero-order valence-corrected chi connectivity index (χ0v) is 10.4. The first-order valence-electron chi connectivity index (χ1n) is 4.94. The molecule has 0 atom stereocenters. The normalized spacial score (nSPS) is 18.6. The van der Waals surface area contributed by atoms with Crippen molar-refractivity contribution in [2.24, 2.45) is 0 Å². The molecule has 0 spiro atoms. The van der Waals surface area contributed by atoms with Gasteiger partial charge in [0, 0.05) is 5.56 Å². The van der Waals surface area contributed by atoms with Gasteiger partial charge in [-0.2, -0.15) is 0 Å². The molecule has 76 valence electrons. The zero-order chi connectivity index (χ0) is 10.3. The lowest BCUT2D eigenvalue weighted by Gasteiger charge is -2.33. The molecule has 0 bridgehead atoms. The van der Waals surface area contributed by atoms with Crippen LogP contribution < -0.4 is 4.74 Å². The summed E-state index contributed by atoms with van der Waals surface area (Å²) in [5.74, 6) is 1.03. The topological polar surface area (TPSA) is 9.23 Å². The number of hydrogen-bond acceptors (Lipinski definition) is 1. The van der Waals surface area contributed by atoms with Gasteiger partial charge in [-0.15, -0.1) is 0 Å². The van der Waals surface area contributed by atoms with E-state index in [0.717, 1.165) is 23.2 Å². The largest absolute Gasteiger partial charge is 0.492 e. The Hall–Kier alpha value is -0.500. The number of rotatable bonds is 0. The highest BCUT2D eigenvalue weighted by molar-refractivity contribution is 9.10. The molecule has 1 aliphatic heterocycles. The van der Waals surface area contributed by atoms with Gasteiger partial charge in [0.25, 0.3) is 0 Å². The molecular formula is C12H15BrO. The molecule has 0 amide bonds. The van der Waals surface area contributed by atoms with Crippen molar-refractivity contribution in [2.75, 3.05) is 6.61 Å².